The van der Waals surface area contributed by atoms with E-state index in [0.717, 1.165) is 5.56 Å². The van der Waals surface area contributed by atoms with E-state index >= 15 is 0 Å². The van der Waals surface area contributed by atoms with E-state index in [1.807, 2.05) is 0 Å². The van der Waals surface area contributed by atoms with Gasteiger partial charge in [0.05, 0.1) is 12.2 Å². The Bertz CT molecular complexity index is 480. The van der Waals surface area contributed by atoms with E-state index in [1.165, 1.54) is 6.07 Å². The lowest BCUT2D eigenvalue weighted by atomic mass is 10.1. The molecule has 0 aliphatic rings. The van der Waals surface area contributed by atoms with Crippen LogP contribution in [0.5, 0.6) is 0 Å². The topological polar surface area (TPSA) is 75.6 Å². The lowest BCUT2D eigenvalue weighted by molar-refractivity contribution is -0.122. The van der Waals surface area contributed by atoms with Gasteiger partial charge in [-0.3, -0.25) is 4.79 Å². The highest BCUT2D eigenvalue weighted by Gasteiger charge is 2.06. The molecule has 0 spiro atoms. The number of carbonyl (C=O) groups excluding carboxylic acids is 1. The van der Waals surface area contributed by atoms with Gasteiger partial charge in [0.1, 0.15) is 6.61 Å². The number of carbonyl (C=O) groups is 2. The summed E-state index contributed by atoms with van der Waals surface area (Å²) in [6, 6.07) is 6.44. The molecule has 2 N–H and O–H groups in total. The molecule has 0 unspecified atom stereocenters. The Morgan fingerprint density at radius 2 is 2.10 bits per heavy atom. The molecular formula is C14H17F2NO4. The molecule has 1 rings (SSSR count). The number of nitrogens with one attached hydrogen (secondary N) is 1. The third kappa shape index (κ3) is 7.36. The highest BCUT2D eigenvalue weighted by molar-refractivity contribution is 5.87. The van der Waals surface area contributed by atoms with Gasteiger partial charge in [-0.25, -0.2) is 13.6 Å². The van der Waals surface area contributed by atoms with E-state index in [9.17, 15) is 18.4 Å². The van der Waals surface area contributed by atoms with Crippen LogP contribution in [0, 0.1) is 0 Å². The van der Waals surface area contributed by atoms with Gasteiger partial charge < -0.3 is 15.2 Å². The molecule has 1 aromatic carbocycles. The summed E-state index contributed by atoms with van der Waals surface area (Å²) in [5.74, 6) is -1.30. The number of aromatic carboxylic acids is 1. The molecule has 0 fully saturated rings. The van der Waals surface area contributed by atoms with Crippen molar-refractivity contribution in [2.24, 2.45) is 0 Å². The van der Waals surface area contributed by atoms with Crippen molar-refractivity contribution >= 4 is 11.9 Å². The summed E-state index contributed by atoms with van der Waals surface area (Å²) in [5.41, 5.74) is 0.989. The SMILES string of the molecule is O=C(CCOCC(F)F)NCCc1cccc(C(=O)O)c1. The Hall–Kier alpha value is -2.02. The molecule has 1 amide bonds. The fourth-order valence-corrected chi connectivity index (χ4v) is 1.63. The predicted octanol–water partition coefficient (Wildman–Crippen LogP) is 1.72. The van der Waals surface area contributed by atoms with Crippen LogP contribution in [0.4, 0.5) is 8.78 Å². The number of hydrogen-bond acceptors (Lipinski definition) is 3. The first kappa shape index (κ1) is 17.0. The highest BCUT2D eigenvalue weighted by atomic mass is 19.3. The zero-order chi connectivity index (χ0) is 15.7. The van der Waals surface area contributed by atoms with Gasteiger partial charge in [-0.2, -0.15) is 0 Å². The van der Waals surface area contributed by atoms with Crippen LogP contribution in [0.15, 0.2) is 24.3 Å². The second-order valence-electron chi connectivity index (χ2n) is 4.32. The maximum absolute atomic E-state index is 11.8. The molecule has 0 saturated heterocycles. The molecule has 0 atom stereocenters. The number of benzene rings is 1. The van der Waals surface area contributed by atoms with Gasteiger partial charge in [-0.1, -0.05) is 12.1 Å². The summed E-state index contributed by atoms with van der Waals surface area (Å²) in [7, 11) is 0. The second-order valence-corrected chi connectivity index (χ2v) is 4.32. The van der Waals surface area contributed by atoms with Crippen LogP contribution >= 0.6 is 0 Å². The average Bonchev–Trinajstić information content (AvgIpc) is 2.44. The quantitative estimate of drug-likeness (QED) is 0.681. The molecule has 1 aromatic rings. The molecule has 116 valence electrons. The number of ether oxygens (including phenoxy) is 1. The first-order valence-corrected chi connectivity index (χ1v) is 6.44. The first-order valence-electron chi connectivity index (χ1n) is 6.44. The Kier molecular flexibility index (Phi) is 7.31. The Morgan fingerprint density at radius 3 is 2.76 bits per heavy atom. The molecule has 21 heavy (non-hydrogen) atoms. The smallest absolute Gasteiger partial charge is 0.335 e. The number of hydrogen-bond donors (Lipinski definition) is 2. The summed E-state index contributed by atoms with van der Waals surface area (Å²) < 4.78 is 28.1. The minimum absolute atomic E-state index is 0.0158. The third-order valence-electron chi connectivity index (χ3n) is 2.63. The minimum atomic E-state index is -2.53. The standard InChI is InChI=1S/C14H17F2NO4/c15-12(16)9-21-7-5-13(18)17-6-4-10-2-1-3-11(8-10)14(19)20/h1-3,8,12H,4-7,9H2,(H,17,18)(H,19,20). The third-order valence-corrected chi connectivity index (χ3v) is 2.63. The minimum Gasteiger partial charge on any atom is -0.478 e. The average molecular weight is 301 g/mol. The Labute approximate surface area is 120 Å². The van der Waals surface area contributed by atoms with Crippen LogP contribution in [0.2, 0.25) is 0 Å². The van der Waals surface area contributed by atoms with Crippen LogP contribution in [0.25, 0.3) is 0 Å². The molecule has 5 nitrogen and oxygen atoms in total. The molecule has 0 heterocycles. The maximum atomic E-state index is 11.8. The zero-order valence-corrected chi connectivity index (χ0v) is 11.4. The molecule has 0 saturated carbocycles. The molecule has 0 bridgehead atoms. The van der Waals surface area contributed by atoms with Crippen LogP contribution in [-0.2, 0) is 16.0 Å². The number of carboxylic acid groups (broad SMARTS) is 1. The van der Waals surface area contributed by atoms with Gasteiger partial charge in [0, 0.05) is 13.0 Å². The molecular weight excluding hydrogens is 284 g/mol. The summed E-state index contributed by atoms with van der Waals surface area (Å²) in [4.78, 5) is 22.2. The summed E-state index contributed by atoms with van der Waals surface area (Å²) in [6.07, 6.45) is -2.03. The lowest BCUT2D eigenvalue weighted by Gasteiger charge is -2.06. The predicted molar refractivity (Wildman–Crippen MR) is 71.6 cm³/mol. The number of amides is 1. The molecule has 7 heteroatoms. The fourth-order valence-electron chi connectivity index (χ4n) is 1.63. The van der Waals surface area contributed by atoms with E-state index < -0.39 is 19.0 Å². The summed E-state index contributed by atoms with van der Waals surface area (Å²) in [6.45, 7) is -0.378. The molecule has 0 aliphatic heterocycles. The van der Waals surface area contributed by atoms with Gasteiger partial charge in [0.15, 0.2) is 0 Å². The number of alkyl halides is 2. The number of carboxylic acids is 1. The Morgan fingerprint density at radius 1 is 1.33 bits per heavy atom. The van der Waals surface area contributed by atoms with Gasteiger partial charge in [0.25, 0.3) is 6.43 Å². The van der Waals surface area contributed by atoms with Crippen molar-refractivity contribution in [3.05, 3.63) is 35.4 Å². The van der Waals surface area contributed by atoms with Gasteiger partial charge in [-0.15, -0.1) is 0 Å². The van der Waals surface area contributed by atoms with Crippen LogP contribution < -0.4 is 5.32 Å². The monoisotopic (exact) mass is 301 g/mol. The van der Waals surface area contributed by atoms with Crippen molar-refractivity contribution in [3.63, 3.8) is 0 Å². The van der Waals surface area contributed by atoms with E-state index in [0.29, 0.717) is 13.0 Å². The van der Waals surface area contributed by atoms with E-state index in [1.54, 1.807) is 18.2 Å². The van der Waals surface area contributed by atoms with Crippen molar-refractivity contribution in [1.29, 1.82) is 0 Å². The van der Waals surface area contributed by atoms with E-state index in [-0.39, 0.29) is 24.5 Å². The van der Waals surface area contributed by atoms with Crippen molar-refractivity contribution in [2.45, 2.75) is 19.3 Å². The van der Waals surface area contributed by atoms with Gasteiger partial charge in [-0.05, 0) is 24.1 Å². The van der Waals surface area contributed by atoms with E-state index in [4.69, 9.17) is 5.11 Å². The largest absolute Gasteiger partial charge is 0.478 e. The van der Waals surface area contributed by atoms with Crippen LogP contribution in [-0.4, -0.2) is 43.2 Å². The van der Waals surface area contributed by atoms with E-state index in [2.05, 4.69) is 10.1 Å². The van der Waals surface area contributed by atoms with Crippen molar-refractivity contribution in [3.8, 4) is 0 Å². The van der Waals surface area contributed by atoms with Crippen LogP contribution in [0.3, 0.4) is 0 Å². The zero-order valence-electron chi connectivity index (χ0n) is 11.4. The summed E-state index contributed by atoms with van der Waals surface area (Å²) >= 11 is 0. The molecule has 0 aliphatic carbocycles. The fraction of sp³-hybridized carbons (Fsp3) is 0.429. The number of halogens is 2. The van der Waals surface area contributed by atoms with Crippen molar-refractivity contribution < 1.29 is 28.2 Å². The van der Waals surface area contributed by atoms with Gasteiger partial charge in [0.2, 0.25) is 5.91 Å². The first-order chi connectivity index (χ1) is 9.99. The van der Waals surface area contributed by atoms with Crippen molar-refractivity contribution in [1.82, 2.24) is 5.32 Å². The highest BCUT2D eigenvalue weighted by Crippen LogP contribution is 2.05. The number of rotatable bonds is 9. The maximum Gasteiger partial charge on any atom is 0.335 e. The second kappa shape index (κ2) is 9.02. The van der Waals surface area contributed by atoms with Crippen LogP contribution in [0.1, 0.15) is 22.3 Å². The normalized spacial score (nSPS) is 10.6. The molecule has 0 aromatic heterocycles. The molecule has 0 radical (unpaired) electrons. The van der Waals surface area contributed by atoms with Gasteiger partial charge >= 0.3 is 5.97 Å². The Balaban J connectivity index is 2.22. The lowest BCUT2D eigenvalue weighted by Crippen LogP contribution is -2.26. The summed E-state index contributed by atoms with van der Waals surface area (Å²) in [5, 5.41) is 11.5. The van der Waals surface area contributed by atoms with Crippen molar-refractivity contribution in [2.75, 3.05) is 19.8 Å².